The van der Waals surface area contributed by atoms with E-state index in [1.807, 2.05) is 25.1 Å². The zero-order valence-electron chi connectivity index (χ0n) is 10.7. The molecule has 104 valence electrons. The van der Waals surface area contributed by atoms with Crippen LogP contribution in [0.15, 0.2) is 40.9 Å². The summed E-state index contributed by atoms with van der Waals surface area (Å²) < 4.78 is 1.01. The van der Waals surface area contributed by atoms with Gasteiger partial charge in [-0.1, -0.05) is 45.2 Å². The van der Waals surface area contributed by atoms with E-state index in [1.165, 1.54) is 0 Å². The zero-order chi connectivity index (χ0) is 14.7. The van der Waals surface area contributed by atoms with Crippen LogP contribution in [-0.2, 0) is 11.2 Å². The molecule has 0 radical (unpaired) electrons. The Morgan fingerprint density at radius 1 is 1.20 bits per heavy atom. The number of anilines is 1. The first-order chi connectivity index (χ1) is 9.45. The van der Waals surface area contributed by atoms with E-state index >= 15 is 0 Å². The third-order valence-corrected chi connectivity index (χ3v) is 4.28. The zero-order valence-corrected chi connectivity index (χ0v) is 13.8. The van der Waals surface area contributed by atoms with E-state index in [4.69, 9.17) is 23.2 Å². The van der Waals surface area contributed by atoms with Crippen LogP contribution in [0.1, 0.15) is 11.1 Å². The second kappa shape index (κ2) is 6.61. The molecule has 0 saturated heterocycles. The lowest BCUT2D eigenvalue weighted by Crippen LogP contribution is -2.14. The minimum atomic E-state index is -0.115. The van der Waals surface area contributed by atoms with E-state index in [-0.39, 0.29) is 12.3 Å². The predicted octanol–water partition coefficient (Wildman–Crippen LogP) is 5.25. The van der Waals surface area contributed by atoms with E-state index in [0.29, 0.717) is 10.0 Å². The maximum atomic E-state index is 12.0. The van der Waals surface area contributed by atoms with Crippen LogP contribution in [0.4, 0.5) is 5.69 Å². The molecular formula is C15H12BrCl2NO. The smallest absolute Gasteiger partial charge is 0.228 e. The molecule has 0 fully saturated rings. The topological polar surface area (TPSA) is 29.1 Å². The minimum absolute atomic E-state index is 0.115. The molecule has 2 aromatic carbocycles. The molecule has 0 aromatic heterocycles. The third-order valence-electron chi connectivity index (χ3n) is 2.81. The maximum Gasteiger partial charge on any atom is 0.228 e. The second-order valence-electron chi connectivity index (χ2n) is 4.42. The number of carbonyl (C=O) groups excluding carboxylic acids is 1. The highest BCUT2D eigenvalue weighted by molar-refractivity contribution is 9.10. The average Bonchev–Trinajstić information content (AvgIpc) is 2.37. The van der Waals surface area contributed by atoms with Crippen molar-refractivity contribution in [3.8, 4) is 0 Å². The highest BCUT2D eigenvalue weighted by atomic mass is 79.9. The molecule has 0 aliphatic rings. The van der Waals surface area contributed by atoms with Crippen molar-refractivity contribution in [1.29, 1.82) is 0 Å². The van der Waals surface area contributed by atoms with Crippen molar-refractivity contribution in [2.24, 2.45) is 0 Å². The van der Waals surface area contributed by atoms with Gasteiger partial charge in [-0.15, -0.1) is 0 Å². The Morgan fingerprint density at radius 3 is 2.60 bits per heavy atom. The maximum absolute atomic E-state index is 12.0. The predicted molar refractivity (Wildman–Crippen MR) is 87.7 cm³/mol. The van der Waals surface area contributed by atoms with Gasteiger partial charge in [0.2, 0.25) is 5.91 Å². The van der Waals surface area contributed by atoms with E-state index in [0.717, 1.165) is 21.3 Å². The fourth-order valence-corrected chi connectivity index (χ4v) is 2.49. The van der Waals surface area contributed by atoms with Gasteiger partial charge in [0.1, 0.15) is 0 Å². The summed E-state index contributed by atoms with van der Waals surface area (Å²) >= 11 is 15.3. The van der Waals surface area contributed by atoms with Crippen molar-refractivity contribution in [3.63, 3.8) is 0 Å². The fraction of sp³-hybridized carbons (Fsp3) is 0.133. The van der Waals surface area contributed by atoms with Crippen molar-refractivity contribution in [1.82, 2.24) is 0 Å². The summed E-state index contributed by atoms with van der Waals surface area (Å²) in [5.74, 6) is -0.115. The number of rotatable bonds is 3. The molecule has 5 heteroatoms. The minimum Gasteiger partial charge on any atom is -0.326 e. The molecule has 2 nitrogen and oxygen atoms in total. The van der Waals surface area contributed by atoms with Gasteiger partial charge in [-0.3, -0.25) is 4.79 Å². The summed E-state index contributed by atoms with van der Waals surface area (Å²) in [4.78, 5) is 12.0. The molecule has 2 aromatic rings. The van der Waals surface area contributed by atoms with Crippen LogP contribution in [0.3, 0.4) is 0 Å². The monoisotopic (exact) mass is 371 g/mol. The molecule has 0 bridgehead atoms. The molecule has 0 aliphatic heterocycles. The van der Waals surface area contributed by atoms with Crippen LogP contribution in [0.5, 0.6) is 0 Å². The molecule has 0 atom stereocenters. The van der Waals surface area contributed by atoms with Crippen LogP contribution in [0, 0.1) is 6.92 Å². The van der Waals surface area contributed by atoms with E-state index in [9.17, 15) is 4.79 Å². The lowest BCUT2D eigenvalue weighted by Gasteiger charge is -2.08. The van der Waals surface area contributed by atoms with Gasteiger partial charge in [-0.05, 0) is 48.4 Å². The van der Waals surface area contributed by atoms with Gasteiger partial charge in [0.05, 0.1) is 6.42 Å². The summed E-state index contributed by atoms with van der Waals surface area (Å²) in [7, 11) is 0. The summed E-state index contributed by atoms with van der Waals surface area (Å²) in [6, 6.07) is 10.8. The number of nitrogens with one attached hydrogen (secondary N) is 1. The van der Waals surface area contributed by atoms with E-state index in [1.54, 1.807) is 18.2 Å². The summed E-state index contributed by atoms with van der Waals surface area (Å²) in [5, 5.41) is 3.91. The number of aryl methyl sites for hydroxylation is 1. The molecule has 20 heavy (non-hydrogen) atoms. The number of benzene rings is 2. The second-order valence-corrected chi connectivity index (χ2v) is 6.12. The van der Waals surface area contributed by atoms with Crippen molar-refractivity contribution >= 4 is 50.7 Å². The molecule has 0 aliphatic carbocycles. The Kier molecular flexibility index (Phi) is 5.08. The van der Waals surface area contributed by atoms with Gasteiger partial charge in [0.15, 0.2) is 0 Å². The summed E-state index contributed by atoms with van der Waals surface area (Å²) in [5.41, 5.74) is 2.58. The first-order valence-electron chi connectivity index (χ1n) is 5.95. The SMILES string of the molecule is Cc1cc(NC(=O)Cc2ccc(Cl)cc2Cl)ccc1Br. The number of hydrogen-bond acceptors (Lipinski definition) is 1. The third kappa shape index (κ3) is 3.98. The van der Waals surface area contributed by atoms with Crippen LogP contribution in [0.2, 0.25) is 10.0 Å². The quantitative estimate of drug-likeness (QED) is 0.783. The van der Waals surface area contributed by atoms with Crippen molar-refractivity contribution in [2.45, 2.75) is 13.3 Å². The Balaban J connectivity index is 2.07. The first-order valence-corrected chi connectivity index (χ1v) is 7.50. The van der Waals surface area contributed by atoms with Crippen LogP contribution in [0.25, 0.3) is 0 Å². The number of amides is 1. The van der Waals surface area contributed by atoms with Crippen molar-refractivity contribution in [3.05, 3.63) is 62.0 Å². The molecular weight excluding hydrogens is 361 g/mol. The van der Waals surface area contributed by atoms with Gasteiger partial charge in [-0.25, -0.2) is 0 Å². The fourth-order valence-electron chi connectivity index (χ4n) is 1.77. The van der Waals surface area contributed by atoms with Crippen molar-refractivity contribution < 1.29 is 4.79 Å². The van der Waals surface area contributed by atoms with E-state index in [2.05, 4.69) is 21.2 Å². The highest BCUT2D eigenvalue weighted by Crippen LogP contribution is 2.23. The van der Waals surface area contributed by atoms with Crippen LogP contribution >= 0.6 is 39.1 Å². The number of hydrogen-bond donors (Lipinski definition) is 1. The molecule has 0 spiro atoms. The van der Waals surface area contributed by atoms with Crippen LogP contribution in [-0.4, -0.2) is 5.91 Å². The number of carbonyl (C=O) groups is 1. The first kappa shape index (κ1) is 15.4. The molecule has 0 saturated carbocycles. The lowest BCUT2D eigenvalue weighted by atomic mass is 10.1. The van der Waals surface area contributed by atoms with Crippen LogP contribution < -0.4 is 5.32 Å². The molecule has 1 amide bonds. The Bertz CT molecular complexity index is 658. The Labute approximate surface area is 136 Å². The van der Waals surface area contributed by atoms with E-state index < -0.39 is 0 Å². The Hall–Kier alpha value is -1.03. The summed E-state index contributed by atoms with van der Waals surface area (Å²) in [6.45, 7) is 1.97. The molecule has 2 rings (SSSR count). The normalized spacial score (nSPS) is 10.4. The molecule has 1 N–H and O–H groups in total. The lowest BCUT2D eigenvalue weighted by molar-refractivity contribution is -0.115. The molecule has 0 heterocycles. The van der Waals surface area contributed by atoms with Gasteiger partial charge in [0, 0.05) is 20.2 Å². The van der Waals surface area contributed by atoms with Crippen molar-refractivity contribution in [2.75, 3.05) is 5.32 Å². The van der Waals surface area contributed by atoms with Gasteiger partial charge >= 0.3 is 0 Å². The van der Waals surface area contributed by atoms with Gasteiger partial charge in [0.25, 0.3) is 0 Å². The standard InChI is InChI=1S/C15H12BrCl2NO/c1-9-6-12(4-5-13(9)16)19-15(20)7-10-2-3-11(17)8-14(10)18/h2-6,8H,7H2,1H3,(H,19,20). The average molecular weight is 373 g/mol. The largest absolute Gasteiger partial charge is 0.326 e. The molecule has 0 unspecified atom stereocenters. The Morgan fingerprint density at radius 2 is 1.95 bits per heavy atom. The highest BCUT2D eigenvalue weighted by Gasteiger charge is 2.08. The number of halogens is 3. The van der Waals surface area contributed by atoms with Gasteiger partial charge in [-0.2, -0.15) is 0 Å². The summed E-state index contributed by atoms with van der Waals surface area (Å²) in [6.07, 6.45) is 0.213. The van der Waals surface area contributed by atoms with Gasteiger partial charge < -0.3 is 5.32 Å².